The van der Waals surface area contributed by atoms with Crippen molar-refractivity contribution in [2.75, 3.05) is 26.6 Å². The molecule has 9 heteroatoms. The Kier molecular flexibility index (Phi) is 6.95. The molecule has 0 saturated carbocycles. The zero-order chi connectivity index (χ0) is 20.0. The maximum absolute atomic E-state index is 14.4. The summed E-state index contributed by atoms with van der Waals surface area (Å²) in [4.78, 5) is 8.14. The van der Waals surface area contributed by atoms with Crippen molar-refractivity contribution in [2.45, 2.75) is 6.54 Å². The Morgan fingerprint density at radius 3 is 2.37 bits per heavy atom. The number of aliphatic imine (C=N–C) groups is 1. The fraction of sp³-hybridized carbons (Fsp3) is 0.222. The van der Waals surface area contributed by atoms with Crippen LogP contribution in [-0.4, -0.2) is 32.5 Å². The molecule has 0 bridgehead atoms. The van der Waals surface area contributed by atoms with E-state index in [0.29, 0.717) is 21.9 Å². The number of halogens is 3. The van der Waals surface area contributed by atoms with Crippen molar-refractivity contribution in [1.29, 1.82) is 0 Å². The molecule has 1 aromatic carbocycles. The van der Waals surface area contributed by atoms with Gasteiger partial charge in [-0.25, -0.2) is 8.78 Å². The number of benzene rings is 1. The third-order valence-electron chi connectivity index (χ3n) is 3.70. The molecule has 0 fully saturated rings. The van der Waals surface area contributed by atoms with E-state index in [4.69, 9.17) is 26.8 Å². The first kappa shape index (κ1) is 20.4. The van der Waals surface area contributed by atoms with Crippen LogP contribution in [0.25, 0.3) is 5.57 Å². The van der Waals surface area contributed by atoms with E-state index < -0.39 is 11.6 Å². The highest BCUT2D eigenvalue weighted by Crippen LogP contribution is 2.35. The van der Waals surface area contributed by atoms with Gasteiger partial charge in [0.25, 0.3) is 0 Å². The number of pyridine rings is 1. The third-order valence-corrected chi connectivity index (χ3v) is 4.05. The summed E-state index contributed by atoms with van der Waals surface area (Å²) in [6.45, 7) is 0.0276. The number of rotatable bonds is 7. The van der Waals surface area contributed by atoms with Gasteiger partial charge in [-0.1, -0.05) is 11.6 Å². The largest absolute Gasteiger partial charge is 0.493 e. The van der Waals surface area contributed by atoms with Gasteiger partial charge < -0.3 is 20.5 Å². The van der Waals surface area contributed by atoms with Crippen molar-refractivity contribution in [3.8, 4) is 11.5 Å². The van der Waals surface area contributed by atoms with E-state index in [1.807, 2.05) is 0 Å². The molecule has 0 aliphatic rings. The number of nitrogens with one attached hydrogen (secondary N) is 1. The Hall–Kier alpha value is -2.87. The molecule has 0 amide bonds. The van der Waals surface area contributed by atoms with E-state index in [2.05, 4.69) is 15.3 Å². The molecule has 2 rings (SSSR count). The van der Waals surface area contributed by atoms with E-state index in [9.17, 15) is 8.78 Å². The molecule has 0 unspecified atom stereocenters. The van der Waals surface area contributed by atoms with Crippen LogP contribution in [0.4, 0.5) is 14.5 Å². The summed E-state index contributed by atoms with van der Waals surface area (Å²) in [6.07, 6.45) is 4.39. The fourth-order valence-electron chi connectivity index (χ4n) is 2.31. The van der Waals surface area contributed by atoms with Gasteiger partial charge in [0.05, 0.1) is 19.9 Å². The summed E-state index contributed by atoms with van der Waals surface area (Å²) in [7, 11) is 4.16. The lowest BCUT2D eigenvalue weighted by Crippen LogP contribution is -2.08. The normalized spacial score (nSPS) is 11.7. The number of hydrogen-bond acceptors (Lipinski definition) is 6. The molecule has 6 nitrogen and oxygen atoms in total. The predicted molar refractivity (Wildman–Crippen MR) is 103 cm³/mol. The summed E-state index contributed by atoms with van der Waals surface area (Å²) < 4.78 is 38.6. The van der Waals surface area contributed by atoms with E-state index in [0.717, 1.165) is 6.07 Å². The quantitative estimate of drug-likeness (QED) is 0.698. The molecule has 144 valence electrons. The minimum Gasteiger partial charge on any atom is -0.493 e. The second-order valence-electron chi connectivity index (χ2n) is 5.31. The predicted octanol–water partition coefficient (Wildman–Crippen LogP) is 3.64. The Labute approximate surface area is 160 Å². The molecule has 3 N–H and O–H groups in total. The second-order valence-corrected chi connectivity index (χ2v) is 5.72. The number of anilines is 1. The lowest BCUT2D eigenvalue weighted by Gasteiger charge is -2.15. The van der Waals surface area contributed by atoms with Crippen LogP contribution in [0, 0.1) is 11.6 Å². The maximum atomic E-state index is 14.4. The first-order chi connectivity index (χ1) is 13.0. The van der Waals surface area contributed by atoms with E-state index in [-0.39, 0.29) is 23.7 Å². The van der Waals surface area contributed by atoms with Gasteiger partial charge in [0.1, 0.15) is 5.69 Å². The second kappa shape index (κ2) is 9.18. The first-order valence-corrected chi connectivity index (χ1v) is 8.17. The summed E-state index contributed by atoms with van der Waals surface area (Å²) in [5.41, 5.74) is 6.81. The summed E-state index contributed by atoms with van der Waals surface area (Å²) in [6, 6.07) is 2.73. The Morgan fingerprint density at radius 1 is 1.26 bits per heavy atom. The highest BCUT2D eigenvalue weighted by molar-refractivity contribution is 6.31. The highest BCUT2D eigenvalue weighted by Gasteiger charge is 2.20. The minimum absolute atomic E-state index is 0.0276. The van der Waals surface area contributed by atoms with E-state index in [1.165, 1.54) is 26.6 Å². The van der Waals surface area contributed by atoms with Crippen LogP contribution in [0.15, 0.2) is 29.5 Å². The molecule has 1 aromatic heterocycles. The number of allylic oxidation sites excluding steroid dienone is 1. The minimum atomic E-state index is -0.871. The van der Waals surface area contributed by atoms with Gasteiger partial charge in [0.15, 0.2) is 23.1 Å². The van der Waals surface area contributed by atoms with E-state index in [1.54, 1.807) is 19.3 Å². The van der Waals surface area contributed by atoms with Crippen molar-refractivity contribution in [2.24, 2.45) is 10.7 Å². The van der Waals surface area contributed by atoms with Crippen molar-refractivity contribution >= 4 is 29.1 Å². The van der Waals surface area contributed by atoms with Crippen molar-refractivity contribution in [3.63, 3.8) is 0 Å². The zero-order valence-electron chi connectivity index (χ0n) is 15.0. The van der Waals surface area contributed by atoms with Gasteiger partial charge in [-0.2, -0.15) is 0 Å². The summed E-state index contributed by atoms with van der Waals surface area (Å²) in [5.74, 6) is -2.04. The Balaban J connectivity index is 2.30. The van der Waals surface area contributed by atoms with Crippen LogP contribution in [0.5, 0.6) is 11.5 Å². The van der Waals surface area contributed by atoms with Gasteiger partial charge in [0, 0.05) is 54.4 Å². The lowest BCUT2D eigenvalue weighted by atomic mass is 10.1. The Bertz CT molecular complexity index is 860. The molecule has 1 heterocycles. The molecular formula is C18H19ClF2N4O2. The van der Waals surface area contributed by atoms with Crippen LogP contribution in [0.2, 0.25) is 5.02 Å². The van der Waals surface area contributed by atoms with Crippen molar-refractivity contribution < 1.29 is 18.3 Å². The number of hydrogen-bond donors (Lipinski definition) is 2. The molecular weight excluding hydrogens is 378 g/mol. The summed E-state index contributed by atoms with van der Waals surface area (Å²) in [5, 5.41) is 3.03. The van der Waals surface area contributed by atoms with Gasteiger partial charge in [-0.3, -0.25) is 9.98 Å². The topological polar surface area (TPSA) is 81.8 Å². The van der Waals surface area contributed by atoms with Gasteiger partial charge in [-0.05, 0) is 6.07 Å². The standard InChI is InChI=1S/C18H19ClF2N4O2/c1-23-7-10(6-22)13-4-12(19)11(8-24-13)9-25-18-16(20)14(26-2)5-15(27-3)17(18)21/h4-8,25H,9,22H2,1-3H3. The zero-order valence-corrected chi connectivity index (χ0v) is 15.8. The molecule has 0 spiro atoms. The smallest absolute Gasteiger partial charge is 0.191 e. The van der Waals surface area contributed by atoms with Crippen LogP contribution in [0.3, 0.4) is 0 Å². The molecule has 0 saturated heterocycles. The average molecular weight is 397 g/mol. The van der Waals surface area contributed by atoms with E-state index >= 15 is 0 Å². The molecule has 0 aliphatic heterocycles. The third kappa shape index (κ3) is 4.46. The van der Waals surface area contributed by atoms with Gasteiger partial charge in [-0.15, -0.1) is 0 Å². The van der Waals surface area contributed by atoms with Gasteiger partial charge >= 0.3 is 0 Å². The number of methoxy groups -OCH3 is 2. The van der Waals surface area contributed by atoms with Crippen molar-refractivity contribution in [3.05, 3.63) is 52.4 Å². The Morgan fingerprint density at radius 2 is 1.89 bits per heavy atom. The molecule has 27 heavy (non-hydrogen) atoms. The number of aromatic nitrogens is 1. The molecule has 0 atom stereocenters. The average Bonchev–Trinajstić information content (AvgIpc) is 2.67. The van der Waals surface area contributed by atoms with Gasteiger partial charge in [0.2, 0.25) is 0 Å². The SMILES string of the molecule is CN=CC(=CN)c1cc(Cl)c(CNc2c(F)c(OC)cc(OC)c2F)cn1. The molecule has 0 radical (unpaired) electrons. The first-order valence-electron chi connectivity index (χ1n) is 7.79. The highest BCUT2D eigenvalue weighted by atomic mass is 35.5. The van der Waals surface area contributed by atoms with Crippen LogP contribution in [0.1, 0.15) is 11.3 Å². The number of nitrogens with zero attached hydrogens (tertiary/aromatic N) is 2. The van der Waals surface area contributed by atoms with Crippen LogP contribution in [-0.2, 0) is 6.54 Å². The lowest BCUT2D eigenvalue weighted by molar-refractivity contribution is 0.360. The van der Waals surface area contributed by atoms with Crippen molar-refractivity contribution in [1.82, 2.24) is 4.98 Å². The fourth-order valence-corrected chi connectivity index (χ4v) is 2.52. The maximum Gasteiger partial charge on any atom is 0.191 e. The number of nitrogens with two attached hydrogens (primary N) is 1. The molecule has 0 aliphatic carbocycles. The molecule has 2 aromatic rings. The number of ether oxygens (including phenoxy) is 2. The monoisotopic (exact) mass is 396 g/mol. The van der Waals surface area contributed by atoms with Crippen LogP contribution >= 0.6 is 11.6 Å². The van der Waals surface area contributed by atoms with Crippen LogP contribution < -0.4 is 20.5 Å². The summed E-state index contributed by atoms with van der Waals surface area (Å²) >= 11 is 6.26.